The minimum absolute atomic E-state index is 0.469. The Balaban J connectivity index is 1.86. The first-order valence-corrected chi connectivity index (χ1v) is 6.59. The predicted molar refractivity (Wildman–Crippen MR) is 74.0 cm³/mol. The third-order valence-electron chi connectivity index (χ3n) is 2.72. The Bertz CT molecular complexity index is 505. The van der Waals surface area contributed by atoms with Crippen molar-refractivity contribution in [2.75, 3.05) is 0 Å². The number of furan rings is 1. The molecule has 0 aliphatic heterocycles. The van der Waals surface area contributed by atoms with Gasteiger partial charge in [-0.1, -0.05) is 28.1 Å². The molecular formula is C14H16BrNO2. The van der Waals surface area contributed by atoms with Crippen LogP contribution in [0.2, 0.25) is 0 Å². The van der Waals surface area contributed by atoms with Crippen LogP contribution in [0.4, 0.5) is 0 Å². The van der Waals surface area contributed by atoms with Crippen LogP contribution in [0, 0.1) is 6.92 Å². The van der Waals surface area contributed by atoms with E-state index >= 15 is 0 Å². The summed E-state index contributed by atoms with van der Waals surface area (Å²) in [6.07, 6.45) is 0. The fourth-order valence-electron chi connectivity index (χ4n) is 1.71. The summed E-state index contributed by atoms with van der Waals surface area (Å²) in [6, 6.07) is 10.0. The molecule has 1 aromatic heterocycles. The summed E-state index contributed by atoms with van der Waals surface area (Å²) in [5, 5.41) is 0. The van der Waals surface area contributed by atoms with Crippen LogP contribution in [0.25, 0.3) is 0 Å². The molecule has 0 saturated heterocycles. The van der Waals surface area contributed by atoms with E-state index in [0.717, 1.165) is 27.1 Å². The molecule has 0 saturated carbocycles. The molecule has 0 aliphatic rings. The van der Waals surface area contributed by atoms with E-state index in [1.54, 1.807) is 0 Å². The van der Waals surface area contributed by atoms with Gasteiger partial charge in [-0.15, -0.1) is 0 Å². The minimum Gasteiger partial charge on any atom is -0.464 e. The van der Waals surface area contributed by atoms with Gasteiger partial charge in [0.25, 0.3) is 0 Å². The summed E-state index contributed by atoms with van der Waals surface area (Å²) in [6.45, 7) is 3.46. The molecule has 18 heavy (non-hydrogen) atoms. The summed E-state index contributed by atoms with van der Waals surface area (Å²) < 4.78 is 12.2. The highest BCUT2D eigenvalue weighted by atomic mass is 79.9. The zero-order valence-corrected chi connectivity index (χ0v) is 11.9. The fourth-order valence-corrected chi connectivity index (χ4v) is 1.98. The predicted octanol–water partition coefficient (Wildman–Crippen LogP) is 3.53. The topological polar surface area (TPSA) is 48.4 Å². The number of ether oxygens (including phenoxy) is 1. The SMILES string of the molecule is Cc1oc(COCc2ccc(Br)cc2)cc1CN. The number of hydrogen-bond acceptors (Lipinski definition) is 3. The largest absolute Gasteiger partial charge is 0.464 e. The lowest BCUT2D eigenvalue weighted by Gasteiger charge is -2.02. The Labute approximate surface area is 115 Å². The maximum Gasteiger partial charge on any atom is 0.130 e. The van der Waals surface area contributed by atoms with Crippen molar-refractivity contribution < 1.29 is 9.15 Å². The van der Waals surface area contributed by atoms with Crippen LogP contribution in [0.5, 0.6) is 0 Å². The minimum atomic E-state index is 0.469. The third kappa shape index (κ3) is 3.45. The van der Waals surface area contributed by atoms with Crippen molar-refractivity contribution >= 4 is 15.9 Å². The first-order chi connectivity index (χ1) is 8.69. The summed E-state index contributed by atoms with van der Waals surface area (Å²) in [5.41, 5.74) is 7.77. The van der Waals surface area contributed by atoms with Crippen molar-refractivity contribution in [3.8, 4) is 0 Å². The van der Waals surface area contributed by atoms with Crippen molar-refractivity contribution in [3.05, 3.63) is 57.5 Å². The van der Waals surface area contributed by atoms with E-state index < -0.39 is 0 Å². The van der Waals surface area contributed by atoms with Gasteiger partial charge in [0, 0.05) is 16.6 Å². The Morgan fingerprint density at radius 3 is 2.56 bits per heavy atom. The molecule has 2 aromatic rings. The van der Waals surface area contributed by atoms with Crippen molar-refractivity contribution in [2.24, 2.45) is 5.73 Å². The number of nitrogens with two attached hydrogens (primary N) is 1. The standard InChI is InChI=1S/C14H16BrNO2/c1-10-12(7-16)6-14(18-10)9-17-8-11-2-4-13(15)5-3-11/h2-6H,7-9,16H2,1H3. The second kappa shape index (κ2) is 6.18. The highest BCUT2D eigenvalue weighted by Gasteiger charge is 2.05. The molecule has 1 heterocycles. The van der Waals surface area contributed by atoms with Crippen LogP contribution in [0.15, 0.2) is 39.2 Å². The molecule has 96 valence electrons. The van der Waals surface area contributed by atoms with Crippen molar-refractivity contribution in [1.82, 2.24) is 0 Å². The molecule has 0 bridgehead atoms. The van der Waals surface area contributed by atoms with Gasteiger partial charge in [-0.3, -0.25) is 0 Å². The van der Waals surface area contributed by atoms with Gasteiger partial charge in [-0.25, -0.2) is 0 Å². The first kappa shape index (κ1) is 13.3. The molecule has 0 fully saturated rings. The fraction of sp³-hybridized carbons (Fsp3) is 0.286. The number of halogens is 1. The van der Waals surface area contributed by atoms with Gasteiger partial charge in [0.05, 0.1) is 6.61 Å². The lowest BCUT2D eigenvalue weighted by molar-refractivity contribution is 0.0923. The van der Waals surface area contributed by atoms with Crippen molar-refractivity contribution in [1.29, 1.82) is 0 Å². The molecule has 0 atom stereocenters. The number of hydrogen-bond donors (Lipinski definition) is 1. The summed E-state index contributed by atoms with van der Waals surface area (Å²) >= 11 is 3.40. The van der Waals surface area contributed by atoms with Crippen LogP contribution in [0.1, 0.15) is 22.6 Å². The third-order valence-corrected chi connectivity index (χ3v) is 3.25. The second-order valence-electron chi connectivity index (χ2n) is 4.12. The Kier molecular flexibility index (Phi) is 4.58. The molecule has 0 radical (unpaired) electrons. The number of rotatable bonds is 5. The highest BCUT2D eigenvalue weighted by Crippen LogP contribution is 2.16. The van der Waals surface area contributed by atoms with E-state index in [9.17, 15) is 0 Å². The van der Waals surface area contributed by atoms with Crippen molar-refractivity contribution in [3.63, 3.8) is 0 Å². The van der Waals surface area contributed by atoms with Crippen LogP contribution in [-0.4, -0.2) is 0 Å². The van der Waals surface area contributed by atoms with Crippen LogP contribution in [0.3, 0.4) is 0 Å². The maximum atomic E-state index is 5.61. The molecule has 2 rings (SSSR count). The van der Waals surface area contributed by atoms with Crippen LogP contribution in [-0.2, 0) is 24.5 Å². The molecular weight excluding hydrogens is 294 g/mol. The smallest absolute Gasteiger partial charge is 0.130 e. The van der Waals surface area contributed by atoms with Crippen LogP contribution < -0.4 is 5.73 Å². The second-order valence-corrected chi connectivity index (χ2v) is 5.03. The average molecular weight is 310 g/mol. The lowest BCUT2D eigenvalue weighted by atomic mass is 10.2. The molecule has 0 spiro atoms. The van der Waals surface area contributed by atoms with E-state index in [1.165, 1.54) is 0 Å². The van der Waals surface area contributed by atoms with Gasteiger partial charge < -0.3 is 14.9 Å². The summed E-state index contributed by atoms with van der Waals surface area (Å²) in [4.78, 5) is 0. The summed E-state index contributed by atoms with van der Waals surface area (Å²) in [5.74, 6) is 1.70. The van der Waals surface area contributed by atoms with Crippen molar-refractivity contribution in [2.45, 2.75) is 26.7 Å². The Morgan fingerprint density at radius 2 is 1.94 bits per heavy atom. The quantitative estimate of drug-likeness (QED) is 0.919. The molecule has 3 nitrogen and oxygen atoms in total. The number of aryl methyl sites for hydroxylation is 1. The normalized spacial score (nSPS) is 10.8. The molecule has 4 heteroatoms. The van der Waals surface area contributed by atoms with Gasteiger partial charge in [-0.2, -0.15) is 0 Å². The highest BCUT2D eigenvalue weighted by molar-refractivity contribution is 9.10. The first-order valence-electron chi connectivity index (χ1n) is 5.79. The molecule has 1 aromatic carbocycles. The van der Waals surface area contributed by atoms with Gasteiger partial charge >= 0.3 is 0 Å². The Morgan fingerprint density at radius 1 is 1.22 bits per heavy atom. The summed E-state index contributed by atoms with van der Waals surface area (Å²) in [7, 11) is 0. The molecule has 0 unspecified atom stereocenters. The van der Waals surface area contributed by atoms with Gasteiger partial charge in [-0.05, 0) is 30.7 Å². The average Bonchev–Trinajstić information content (AvgIpc) is 2.72. The Hall–Kier alpha value is -1.10. The van der Waals surface area contributed by atoms with Gasteiger partial charge in [0.15, 0.2) is 0 Å². The van der Waals surface area contributed by atoms with Gasteiger partial charge in [0.2, 0.25) is 0 Å². The monoisotopic (exact) mass is 309 g/mol. The van der Waals surface area contributed by atoms with E-state index in [-0.39, 0.29) is 0 Å². The zero-order valence-electron chi connectivity index (χ0n) is 10.3. The van der Waals surface area contributed by atoms with Crippen LogP contribution >= 0.6 is 15.9 Å². The molecule has 2 N–H and O–H groups in total. The maximum absolute atomic E-state index is 5.61. The van der Waals surface area contributed by atoms with Gasteiger partial charge in [0.1, 0.15) is 18.1 Å². The van der Waals surface area contributed by atoms with E-state index in [0.29, 0.717) is 19.8 Å². The van der Waals surface area contributed by atoms with E-state index in [2.05, 4.69) is 15.9 Å². The molecule has 0 aliphatic carbocycles. The van der Waals surface area contributed by atoms with E-state index in [4.69, 9.17) is 14.9 Å². The van der Waals surface area contributed by atoms with E-state index in [1.807, 2.05) is 37.3 Å². The number of benzene rings is 1. The lowest BCUT2D eigenvalue weighted by Crippen LogP contribution is -1.95. The molecule has 0 amide bonds. The zero-order chi connectivity index (χ0) is 13.0.